The average molecular weight is 529 g/mol. The maximum absolute atomic E-state index is 13.7. The number of pyridine rings is 1. The highest BCUT2D eigenvalue weighted by atomic mass is 35.5. The molecule has 35 heavy (non-hydrogen) atoms. The van der Waals surface area contributed by atoms with Gasteiger partial charge < -0.3 is 25.0 Å². The lowest BCUT2D eigenvalue weighted by atomic mass is 9.86. The van der Waals surface area contributed by atoms with E-state index < -0.39 is 60.9 Å². The molecule has 0 saturated carbocycles. The number of benzene rings is 1. The van der Waals surface area contributed by atoms with Crippen LogP contribution in [0.2, 0.25) is 5.02 Å². The number of nitrogens with zero attached hydrogens (tertiary/aromatic N) is 1. The van der Waals surface area contributed by atoms with Crippen LogP contribution in [-0.4, -0.2) is 52.0 Å². The molecule has 4 atom stereocenters. The van der Waals surface area contributed by atoms with E-state index in [0.29, 0.717) is 0 Å². The number of aliphatic hydroxyl groups is 2. The van der Waals surface area contributed by atoms with Gasteiger partial charge in [-0.3, -0.25) is 9.78 Å². The van der Waals surface area contributed by atoms with Crippen LogP contribution in [0.5, 0.6) is 5.75 Å². The standard InChI is InChI=1S/C21H19ClF6N2O5/c1-19(20(23,24)25)7-13(12-4-3-11(6-14(12)22)34-21(26,27)28)17(35-19)18(33)30-10-2-5-15(29-8-10)16(32)9-31/h2-6,8,13,16-17,31-32H,7,9H2,1H3,(H,30,33)/t13-,16+,17+,19-/m1/s1. The van der Waals surface area contributed by atoms with Crippen molar-refractivity contribution in [3.05, 3.63) is 52.8 Å². The number of hydrogen-bond donors (Lipinski definition) is 3. The molecule has 3 rings (SSSR count). The fraction of sp³-hybridized carbons (Fsp3) is 0.429. The smallest absolute Gasteiger partial charge is 0.406 e. The third-order valence-corrected chi connectivity index (χ3v) is 5.72. The SMILES string of the molecule is C[C@]1(C(F)(F)F)C[C@H](c2ccc(OC(F)(F)F)cc2Cl)[C@@H](C(=O)Nc2ccc([C@@H](O)CO)nc2)O1. The number of aromatic nitrogens is 1. The number of carbonyl (C=O) groups excluding carboxylic acids is 1. The highest BCUT2D eigenvalue weighted by Gasteiger charge is 2.61. The van der Waals surface area contributed by atoms with Crippen molar-refractivity contribution >= 4 is 23.2 Å². The van der Waals surface area contributed by atoms with E-state index in [4.69, 9.17) is 21.4 Å². The Balaban J connectivity index is 1.89. The van der Waals surface area contributed by atoms with E-state index in [9.17, 15) is 36.2 Å². The molecule has 0 radical (unpaired) electrons. The molecule has 1 aliphatic heterocycles. The number of hydrogen-bond acceptors (Lipinski definition) is 6. The summed E-state index contributed by atoms with van der Waals surface area (Å²) in [5, 5.41) is 20.5. The lowest BCUT2D eigenvalue weighted by molar-refractivity contribution is -0.274. The lowest BCUT2D eigenvalue weighted by Gasteiger charge is -2.27. The highest BCUT2D eigenvalue weighted by molar-refractivity contribution is 6.31. The van der Waals surface area contributed by atoms with Gasteiger partial charge in [0.05, 0.1) is 24.2 Å². The van der Waals surface area contributed by atoms with Crippen molar-refractivity contribution in [2.24, 2.45) is 0 Å². The number of carbonyl (C=O) groups is 1. The van der Waals surface area contributed by atoms with E-state index in [-0.39, 0.29) is 22.0 Å². The van der Waals surface area contributed by atoms with Gasteiger partial charge in [-0.05, 0) is 43.2 Å². The summed E-state index contributed by atoms with van der Waals surface area (Å²) in [5.41, 5.74) is -2.61. The van der Waals surface area contributed by atoms with Crippen LogP contribution in [-0.2, 0) is 9.53 Å². The molecule has 1 aromatic heterocycles. The van der Waals surface area contributed by atoms with Crippen molar-refractivity contribution < 1.29 is 50.8 Å². The van der Waals surface area contributed by atoms with Crippen LogP contribution >= 0.6 is 11.6 Å². The second-order valence-corrected chi connectivity index (χ2v) is 8.38. The van der Waals surface area contributed by atoms with Crippen LogP contribution in [0.15, 0.2) is 36.5 Å². The maximum Gasteiger partial charge on any atom is 0.573 e. The summed E-state index contributed by atoms with van der Waals surface area (Å²) in [4.78, 5) is 16.8. The van der Waals surface area contributed by atoms with Crippen LogP contribution in [0.4, 0.5) is 32.0 Å². The fourth-order valence-corrected chi connectivity index (χ4v) is 3.93. The summed E-state index contributed by atoms with van der Waals surface area (Å²) < 4.78 is 87.5. The average Bonchev–Trinajstić information content (AvgIpc) is 3.11. The Kier molecular flexibility index (Phi) is 7.56. The summed E-state index contributed by atoms with van der Waals surface area (Å²) in [5.74, 6) is -2.93. The number of nitrogens with one attached hydrogen (secondary N) is 1. The molecule has 0 aliphatic carbocycles. The molecule has 0 spiro atoms. The van der Waals surface area contributed by atoms with Crippen LogP contribution < -0.4 is 10.1 Å². The molecule has 1 saturated heterocycles. The van der Waals surface area contributed by atoms with Gasteiger partial charge in [0.2, 0.25) is 0 Å². The number of halogens is 7. The molecule has 0 bridgehead atoms. The van der Waals surface area contributed by atoms with Gasteiger partial charge in [0.15, 0.2) is 5.60 Å². The summed E-state index contributed by atoms with van der Waals surface area (Å²) >= 11 is 6.07. The largest absolute Gasteiger partial charge is 0.573 e. The van der Waals surface area contributed by atoms with Gasteiger partial charge >= 0.3 is 12.5 Å². The number of aliphatic hydroxyl groups excluding tert-OH is 2. The molecule has 7 nitrogen and oxygen atoms in total. The summed E-state index contributed by atoms with van der Waals surface area (Å²) in [7, 11) is 0. The normalized spacial score (nSPS) is 23.7. The topological polar surface area (TPSA) is 101 Å². The van der Waals surface area contributed by atoms with E-state index >= 15 is 0 Å². The van der Waals surface area contributed by atoms with Crippen molar-refractivity contribution in [1.29, 1.82) is 0 Å². The van der Waals surface area contributed by atoms with Gasteiger partial charge in [0.25, 0.3) is 5.91 Å². The number of rotatable bonds is 6. The summed E-state index contributed by atoms with van der Waals surface area (Å²) in [6.07, 6.45) is -12.5. The first-order chi connectivity index (χ1) is 16.1. The van der Waals surface area contributed by atoms with E-state index in [2.05, 4.69) is 15.0 Å². The Morgan fingerprint density at radius 1 is 1.29 bits per heavy atom. The van der Waals surface area contributed by atoms with Crippen molar-refractivity contribution in [2.75, 3.05) is 11.9 Å². The van der Waals surface area contributed by atoms with E-state index in [1.165, 1.54) is 12.1 Å². The van der Waals surface area contributed by atoms with Crippen molar-refractivity contribution in [2.45, 2.75) is 49.6 Å². The molecule has 0 unspecified atom stereocenters. The molecule has 1 amide bonds. The fourth-order valence-electron chi connectivity index (χ4n) is 3.62. The quantitative estimate of drug-likeness (QED) is 0.478. The molecule has 2 heterocycles. The predicted octanol–water partition coefficient (Wildman–Crippen LogP) is 4.49. The second kappa shape index (κ2) is 9.80. The van der Waals surface area contributed by atoms with Gasteiger partial charge in [-0.15, -0.1) is 13.2 Å². The van der Waals surface area contributed by atoms with Crippen LogP contribution in [0.25, 0.3) is 0 Å². The Labute approximate surface area is 199 Å². The van der Waals surface area contributed by atoms with Crippen molar-refractivity contribution in [1.82, 2.24) is 4.98 Å². The number of anilines is 1. The zero-order valence-corrected chi connectivity index (χ0v) is 18.6. The van der Waals surface area contributed by atoms with Gasteiger partial charge in [-0.25, -0.2) is 0 Å². The van der Waals surface area contributed by atoms with Gasteiger partial charge in [0, 0.05) is 10.9 Å². The number of alkyl halides is 6. The Bertz CT molecular complexity index is 1070. The Hall–Kier alpha value is -2.61. The van der Waals surface area contributed by atoms with E-state index in [1.54, 1.807) is 0 Å². The Morgan fingerprint density at radius 2 is 1.97 bits per heavy atom. The van der Waals surface area contributed by atoms with Gasteiger partial charge in [-0.2, -0.15) is 13.2 Å². The van der Waals surface area contributed by atoms with Crippen LogP contribution in [0.3, 0.4) is 0 Å². The Morgan fingerprint density at radius 3 is 2.49 bits per heavy atom. The number of ether oxygens (including phenoxy) is 2. The minimum Gasteiger partial charge on any atom is -0.406 e. The molecule has 1 fully saturated rings. The number of amides is 1. The molecule has 1 aliphatic rings. The third-order valence-electron chi connectivity index (χ3n) is 5.39. The molecule has 14 heteroatoms. The zero-order chi connectivity index (χ0) is 26.2. The van der Waals surface area contributed by atoms with E-state index in [0.717, 1.165) is 31.3 Å². The minimum atomic E-state index is -5.00. The summed E-state index contributed by atoms with van der Waals surface area (Å²) in [6.45, 7) is 0.162. The van der Waals surface area contributed by atoms with Crippen molar-refractivity contribution in [3.63, 3.8) is 0 Å². The first kappa shape index (κ1) is 27.0. The van der Waals surface area contributed by atoms with E-state index in [1.807, 2.05) is 0 Å². The molecule has 2 aromatic rings. The lowest BCUT2D eigenvalue weighted by Crippen LogP contribution is -2.43. The zero-order valence-electron chi connectivity index (χ0n) is 17.8. The highest BCUT2D eigenvalue weighted by Crippen LogP contribution is 2.51. The first-order valence-corrected chi connectivity index (χ1v) is 10.4. The predicted molar refractivity (Wildman–Crippen MR) is 110 cm³/mol. The molecule has 192 valence electrons. The van der Waals surface area contributed by atoms with Crippen LogP contribution in [0, 0.1) is 0 Å². The molecule has 3 N–H and O–H groups in total. The maximum atomic E-state index is 13.7. The molecule has 1 aromatic carbocycles. The molecular weight excluding hydrogens is 510 g/mol. The molecular formula is C21H19ClF6N2O5. The van der Waals surface area contributed by atoms with Crippen molar-refractivity contribution in [3.8, 4) is 5.75 Å². The second-order valence-electron chi connectivity index (χ2n) is 7.97. The van der Waals surface area contributed by atoms with Crippen LogP contribution in [0.1, 0.15) is 36.6 Å². The third kappa shape index (κ3) is 6.15. The monoisotopic (exact) mass is 528 g/mol. The first-order valence-electron chi connectivity index (χ1n) is 9.99. The summed E-state index contributed by atoms with van der Waals surface area (Å²) in [6, 6.07) is 5.31. The van der Waals surface area contributed by atoms with Gasteiger partial charge in [-0.1, -0.05) is 17.7 Å². The minimum absolute atomic E-state index is 0.0335. The van der Waals surface area contributed by atoms with Gasteiger partial charge in [0.1, 0.15) is 18.0 Å².